The van der Waals surface area contributed by atoms with Gasteiger partial charge < -0.3 is 15.3 Å². The molecule has 0 radical (unpaired) electrons. The fraction of sp³-hybridized carbons (Fsp3) is 0.476. The number of rotatable bonds is 4. The molecule has 9 heteroatoms. The van der Waals surface area contributed by atoms with Crippen molar-refractivity contribution in [3.63, 3.8) is 0 Å². The molecule has 1 fully saturated rings. The molecule has 0 amide bonds. The van der Waals surface area contributed by atoms with E-state index in [9.17, 15) is 9.32 Å². The lowest BCUT2D eigenvalue weighted by Crippen LogP contribution is -2.48. The third-order valence-corrected chi connectivity index (χ3v) is 8.24. The van der Waals surface area contributed by atoms with Gasteiger partial charge in [-0.15, -0.1) is 0 Å². The second-order valence-corrected chi connectivity index (χ2v) is 10.1. The van der Waals surface area contributed by atoms with Crippen LogP contribution in [0, 0.1) is 0 Å². The summed E-state index contributed by atoms with van der Waals surface area (Å²) in [5, 5.41) is 21.8. The Labute approximate surface area is 176 Å². The van der Waals surface area contributed by atoms with Gasteiger partial charge in [0.15, 0.2) is 0 Å². The molecule has 1 atom stereocenters. The summed E-state index contributed by atoms with van der Waals surface area (Å²) in [5.74, 6) is 1.92. The molecule has 2 aromatic heterocycles. The number of hydrogen-bond donors (Lipinski definition) is 3. The number of aromatic amines is 1. The molecule has 2 aliphatic heterocycles. The number of fused-ring (bicyclic) bond motifs is 4. The van der Waals surface area contributed by atoms with Gasteiger partial charge in [-0.05, 0) is 42.9 Å². The first kappa shape index (κ1) is 18.3. The van der Waals surface area contributed by atoms with Crippen LogP contribution in [0.15, 0.2) is 23.2 Å². The Hall–Kier alpha value is -2.52. The van der Waals surface area contributed by atoms with Gasteiger partial charge >= 0.3 is 0 Å². The highest BCUT2D eigenvalue weighted by Gasteiger charge is 2.39. The predicted octanol–water partition coefficient (Wildman–Crippen LogP) is 1.91. The number of H-pyrrole nitrogens is 1. The second-order valence-electron chi connectivity index (χ2n) is 8.57. The molecule has 156 valence electrons. The quantitative estimate of drug-likeness (QED) is 0.587. The molecular formula is C21H24N6O2S. The van der Waals surface area contributed by atoms with E-state index in [0.29, 0.717) is 23.9 Å². The van der Waals surface area contributed by atoms with Gasteiger partial charge in [-0.2, -0.15) is 10.1 Å². The van der Waals surface area contributed by atoms with Gasteiger partial charge in [-0.1, -0.05) is 6.07 Å². The van der Waals surface area contributed by atoms with Crippen LogP contribution in [-0.2, 0) is 30.2 Å². The maximum atomic E-state index is 12.6. The Kier molecular flexibility index (Phi) is 4.11. The monoisotopic (exact) mass is 424 g/mol. The summed E-state index contributed by atoms with van der Waals surface area (Å²) >= 11 is 0. The topological polar surface area (TPSA) is 107 Å². The molecule has 3 aromatic rings. The number of anilines is 2. The van der Waals surface area contributed by atoms with Crippen LogP contribution in [0.2, 0.25) is 0 Å². The highest BCUT2D eigenvalue weighted by atomic mass is 32.2. The lowest BCUT2D eigenvalue weighted by Gasteiger charge is -2.41. The van der Waals surface area contributed by atoms with Crippen molar-refractivity contribution in [3.05, 3.63) is 35.2 Å². The zero-order chi connectivity index (χ0) is 20.3. The van der Waals surface area contributed by atoms with Gasteiger partial charge in [0, 0.05) is 30.6 Å². The molecule has 0 saturated heterocycles. The first-order valence-electron chi connectivity index (χ1n) is 10.5. The van der Waals surface area contributed by atoms with Crippen LogP contribution in [0.5, 0.6) is 0 Å². The van der Waals surface area contributed by atoms with Crippen LogP contribution >= 0.6 is 0 Å². The van der Waals surface area contributed by atoms with E-state index in [1.165, 1.54) is 16.5 Å². The van der Waals surface area contributed by atoms with E-state index >= 15 is 0 Å². The Morgan fingerprint density at radius 1 is 1.27 bits per heavy atom. The number of hydrogen-bond acceptors (Lipinski definition) is 7. The Morgan fingerprint density at radius 3 is 2.97 bits per heavy atom. The SMILES string of the molecule is O=[S@]1CCc2nc(N3CCc4c(ccc5[nH]ncc45)C3)nc(NC3(CO)CCC3)c21. The molecular weight excluding hydrogens is 400 g/mol. The maximum Gasteiger partial charge on any atom is 0.227 e. The summed E-state index contributed by atoms with van der Waals surface area (Å²) in [5.41, 5.74) is 4.21. The zero-order valence-electron chi connectivity index (χ0n) is 16.6. The van der Waals surface area contributed by atoms with Gasteiger partial charge in [0.2, 0.25) is 5.95 Å². The van der Waals surface area contributed by atoms with Crippen LogP contribution in [-0.4, -0.2) is 53.9 Å². The van der Waals surface area contributed by atoms with Gasteiger partial charge in [0.05, 0.1) is 40.4 Å². The summed E-state index contributed by atoms with van der Waals surface area (Å²) in [6, 6.07) is 4.23. The highest BCUT2D eigenvalue weighted by Crippen LogP contribution is 2.39. The fourth-order valence-corrected chi connectivity index (χ4v) is 6.16. The van der Waals surface area contributed by atoms with Crippen molar-refractivity contribution in [2.24, 2.45) is 0 Å². The number of benzene rings is 1. The summed E-state index contributed by atoms with van der Waals surface area (Å²) < 4.78 is 12.6. The van der Waals surface area contributed by atoms with Crippen molar-refractivity contribution in [3.8, 4) is 0 Å². The molecule has 30 heavy (non-hydrogen) atoms. The number of aromatic nitrogens is 4. The standard InChI is InChI=1S/C21H24N6O2S/c28-12-21(6-1-7-21)25-19-18-17(5-9-30(18)29)23-20(24-19)27-8-4-14-13(11-27)2-3-16-15(14)10-22-26-16/h2-3,10,28H,1,4-9,11-12H2,(H,22,26)(H,23,24,25)/t30-/m0/s1. The van der Waals surface area contributed by atoms with Gasteiger partial charge in [0.25, 0.3) is 0 Å². The Balaban J connectivity index is 1.37. The lowest BCUT2D eigenvalue weighted by atomic mass is 9.77. The van der Waals surface area contributed by atoms with E-state index in [-0.39, 0.29) is 12.1 Å². The highest BCUT2D eigenvalue weighted by molar-refractivity contribution is 7.85. The van der Waals surface area contributed by atoms with Crippen LogP contribution in [0.25, 0.3) is 10.9 Å². The molecule has 8 nitrogen and oxygen atoms in total. The fourth-order valence-electron chi connectivity index (χ4n) is 4.85. The van der Waals surface area contributed by atoms with Crippen molar-refractivity contribution in [1.29, 1.82) is 0 Å². The first-order valence-corrected chi connectivity index (χ1v) is 11.8. The lowest BCUT2D eigenvalue weighted by molar-refractivity contribution is 0.143. The average molecular weight is 425 g/mol. The van der Waals surface area contributed by atoms with Crippen LogP contribution in [0.3, 0.4) is 0 Å². The molecule has 1 aliphatic carbocycles. The van der Waals surface area contributed by atoms with E-state index in [1.54, 1.807) is 0 Å². The summed E-state index contributed by atoms with van der Waals surface area (Å²) in [7, 11) is -1.08. The minimum Gasteiger partial charge on any atom is -0.394 e. The molecule has 3 aliphatic rings. The molecule has 3 N–H and O–H groups in total. The predicted molar refractivity (Wildman–Crippen MR) is 115 cm³/mol. The molecule has 1 saturated carbocycles. The van der Waals surface area contributed by atoms with E-state index in [0.717, 1.165) is 54.9 Å². The summed E-state index contributed by atoms with van der Waals surface area (Å²) in [6.45, 7) is 1.62. The number of nitrogens with one attached hydrogen (secondary N) is 2. The van der Waals surface area contributed by atoms with E-state index in [1.807, 2.05) is 6.20 Å². The third-order valence-electron chi connectivity index (χ3n) is 6.78. The van der Waals surface area contributed by atoms with Crippen molar-refractivity contribution in [1.82, 2.24) is 20.2 Å². The molecule has 1 aromatic carbocycles. The van der Waals surface area contributed by atoms with E-state index < -0.39 is 10.8 Å². The van der Waals surface area contributed by atoms with Gasteiger partial charge in [0.1, 0.15) is 10.7 Å². The van der Waals surface area contributed by atoms with E-state index in [2.05, 4.69) is 32.5 Å². The number of aliphatic hydroxyl groups excluding tert-OH is 1. The number of nitrogens with zero attached hydrogens (tertiary/aromatic N) is 4. The Morgan fingerprint density at radius 2 is 2.17 bits per heavy atom. The molecule has 0 unspecified atom stereocenters. The largest absolute Gasteiger partial charge is 0.394 e. The molecule has 0 spiro atoms. The maximum absolute atomic E-state index is 12.6. The number of aliphatic hydroxyl groups is 1. The summed E-state index contributed by atoms with van der Waals surface area (Å²) in [6.07, 6.45) is 6.41. The normalized spacial score (nSPS) is 21.9. The van der Waals surface area contributed by atoms with Crippen LogP contribution in [0.4, 0.5) is 11.8 Å². The van der Waals surface area contributed by atoms with Gasteiger partial charge in [-0.25, -0.2) is 4.98 Å². The summed E-state index contributed by atoms with van der Waals surface area (Å²) in [4.78, 5) is 12.6. The second kappa shape index (κ2) is 6.75. The molecule has 0 bridgehead atoms. The van der Waals surface area contributed by atoms with Crippen LogP contribution in [0.1, 0.15) is 36.1 Å². The molecule has 4 heterocycles. The van der Waals surface area contributed by atoms with Crippen molar-refractivity contribution in [2.45, 2.75) is 49.1 Å². The molecule has 6 rings (SSSR count). The number of aryl methyl sites for hydroxylation is 1. The minimum atomic E-state index is -1.08. The van der Waals surface area contributed by atoms with E-state index in [4.69, 9.17) is 9.97 Å². The van der Waals surface area contributed by atoms with Crippen molar-refractivity contribution >= 4 is 33.5 Å². The van der Waals surface area contributed by atoms with Crippen molar-refractivity contribution < 1.29 is 9.32 Å². The minimum absolute atomic E-state index is 0.0610. The zero-order valence-corrected chi connectivity index (χ0v) is 17.5. The van der Waals surface area contributed by atoms with Crippen LogP contribution < -0.4 is 10.2 Å². The smallest absolute Gasteiger partial charge is 0.227 e. The van der Waals surface area contributed by atoms with Crippen molar-refractivity contribution in [2.75, 3.05) is 29.1 Å². The third kappa shape index (κ3) is 2.75. The van der Waals surface area contributed by atoms with Gasteiger partial charge in [-0.3, -0.25) is 9.31 Å². The average Bonchev–Trinajstić information content (AvgIpc) is 3.37. The Bertz CT molecular complexity index is 1170. The first-order chi connectivity index (χ1) is 14.7.